The quantitative estimate of drug-likeness (QED) is 0.678. The lowest BCUT2D eigenvalue weighted by Gasteiger charge is -2.37. The van der Waals surface area contributed by atoms with E-state index in [0.717, 1.165) is 5.56 Å². The number of hydrazine groups is 1. The number of hydrogen-bond acceptors (Lipinski definition) is 4. The molecule has 2 amide bonds. The fraction of sp³-hybridized carbons (Fsp3) is 0.0909. The Kier molecular flexibility index (Phi) is 5.10. The Hall–Kier alpha value is -3.51. The maximum Gasteiger partial charge on any atom is 0.276 e. The van der Waals surface area contributed by atoms with Gasteiger partial charge in [-0.25, -0.2) is 5.01 Å². The number of rotatable bonds is 4. The van der Waals surface area contributed by atoms with Gasteiger partial charge < -0.3 is 10.1 Å². The molecule has 1 unspecified atom stereocenters. The number of ether oxygens (including phenoxy) is 1. The van der Waals surface area contributed by atoms with E-state index in [1.807, 2.05) is 24.3 Å². The lowest BCUT2D eigenvalue weighted by atomic mass is 10.0. The average molecular weight is 408 g/mol. The van der Waals surface area contributed by atoms with E-state index in [0.29, 0.717) is 27.6 Å². The smallest absolute Gasteiger partial charge is 0.276 e. The minimum atomic E-state index is -0.584. The number of nitrogens with zero attached hydrogens (tertiary/aromatic N) is 1. The summed E-state index contributed by atoms with van der Waals surface area (Å²) >= 11 is 5.90. The van der Waals surface area contributed by atoms with Crippen LogP contribution in [0.2, 0.25) is 5.02 Å². The summed E-state index contributed by atoms with van der Waals surface area (Å²) in [6.45, 7) is 0. The van der Waals surface area contributed by atoms with Crippen molar-refractivity contribution in [2.24, 2.45) is 0 Å². The summed E-state index contributed by atoms with van der Waals surface area (Å²) in [5, 5.41) is 5.16. The first kappa shape index (κ1) is 18.8. The Bertz CT molecular complexity index is 1050. The molecule has 7 heteroatoms. The summed E-state index contributed by atoms with van der Waals surface area (Å²) in [6, 6.07) is 21.0. The molecule has 3 aromatic carbocycles. The van der Waals surface area contributed by atoms with E-state index in [1.165, 1.54) is 5.01 Å². The number of amides is 2. The average Bonchev–Trinajstić information content (AvgIpc) is 2.76. The summed E-state index contributed by atoms with van der Waals surface area (Å²) < 4.78 is 5.21. The van der Waals surface area contributed by atoms with Gasteiger partial charge in [-0.05, 0) is 54.1 Å². The van der Waals surface area contributed by atoms with Gasteiger partial charge in [-0.1, -0.05) is 35.9 Å². The predicted octanol–water partition coefficient (Wildman–Crippen LogP) is 4.26. The van der Waals surface area contributed by atoms with Crippen LogP contribution < -0.4 is 15.5 Å². The Morgan fingerprint density at radius 3 is 2.41 bits per heavy atom. The van der Waals surface area contributed by atoms with E-state index >= 15 is 0 Å². The molecule has 4 rings (SSSR count). The van der Waals surface area contributed by atoms with Crippen LogP contribution in [0.15, 0.2) is 72.8 Å². The van der Waals surface area contributed by atoms with Gasteiger partial charge >= 0.3 is 0 Å². The van der Waals surface area contributed by atoms with Gasteiger partial charge in [0, 0.05) is 16.3 Å². The SMILES string of the molecule is COc1ccc(C2Nc3ccccc3C(=O)N2NC(=O)c2ccc(Cl)cc2)cc1. The van der Waals surface area contributed by atoms with Crippen LogP contribution in [0.25, 0.3) is 0 Å². The molecule has 6 nitrogen and oxygen atoms in total. The molecule has 0 aliphatic carbocycles. The second kappa shape index (κ2) is 7.85. The van der Waals surface area contributed by atoms with Crippen LogP contribution in [-0.2, 0) is 0 Å². The van der Waals surface area contributed by atoms with Gasteiger partial charge in [0.15, 0.2) is 0 Å². The van der Waals surface area contributed by atoms with Crippen LogP contribution in [0.5, 0.6) is 5.75 Å². The van der Waals surface area contributed by atoms with Crippen molar-refractivity contribution in [3.63, 3.8) is 0 Å². The highest BCUT2D eigenvalue weighted by Gasteiger charge is 2.34. The second-order valence-electron chi connectivity index (χ2n) is 6.49. The van der Waals surface area contributed by atoms with Crippen LogP contribution in [-0.4, -0.2) is 23.9 Å². The second-order valence-corrected chi connectivity index (χ2v) is 6.93. The first-order valence-electron chi connectivity index (χ1n) is 8.96. The minimum Gasteiger partial charge on any atom is -0.497 e. The molecule has 0 fully saturated rings. The Morgan fingerprint density at radius 1 is 1.03 bits per heavy atom. The monoisotopic (exact) mass is 407 g/mol. The predicted molar refractivity (Wildman–Crippen MR) is 111 cm³/mol. The summed E-state index contributed by atoms with van der Waals surface area (Å²) in [5.41, 5.74) is 5.11. The lowest BCUT2D eigenvalue weighted by Crippen LogP contribution is -2.52. The Balaban J connectivity index is 1.69. The van der Waals surface area contributed by atoms with Crippen molar-refractivity contribution in [3.8, 4) is 5.75 Å². The summed E-state index contributed by atoms with van der Waals surface area (Å²) in [7, 11) is 1.59. The summed E-state index contributed by atoms with van der Waals surface area (Å²) in [6.07, 6.45) is -0.584. The van der Waals surface area contributed by atoms with Gasteiger partial charge in [-0.2, -0.15) is 0 Å². The van der Waals surface area contributed by atoms with E-state index in [2.05, 4.69) is 10.7 Å². The Labute approximate surface area is 173 Å². The third-order valence-electron chi connectivity index (χ3n) is 4.69. The zero-order chi connectivity index (χ0) is 20.4. The molecule has 1 aliphatic rings. The van der Waals surface area contributed by atoms with Crippen molar-refractivity contribution in [1.29, 1.82) is 0 Å². The molecule has 1 heterocycles. The molecule has 1 atom stereocenters. The molecule has 1 aliphatic heterocycles. The van der Waals surface area contributed by atoms with Crippen LogP contribution in [0, 0.1) is 0 Å². The van der Waals surface area contributed by atoms with Gasteiger partial charge in [-0.3, -0.25) is 15.0 Å². The number of fused-ring (bicyclic) bond motifs is 1. The van der Waals surface area contributed by atoms with E-state index in [9.17, 15) is 9.59 Å². The molecular weight excluding hydrogens is 390 g/mol. The summed E-state index contributed by atoms with van der Waals surface area (Å²) in [5.74, 6) is -0.00905. The van der Waals surface area contributed by atoms with Crippen molar-refractivity contribution in [2.75, 3.05) is 12.4 Å². The molecule has 2 N–H and O–H groups in total. The van der Waals surface area contributed by atoms with Crippen molar-refractivity contribution in [1.82, 2.24) is 10.4 Å². The number of anilines is 1. The van der Waals surface area contributed by atoms with Crippen molar-refractivity contribution in [2.45, 2.75) is 6.17 Å². The van der Waals surface area contributed by atoms with Gasteiger partial charge in [0.2, 0.25) is 0 Å². The van der Waals surface area contributed by atoms with E-state index < -0.39 is 12.1 Å². The van der Waals surface area contributed by atoms with Crippen LogP contribution >= 0.6 is 11.6 Å². The standard InChI is InChI=1S/C22H18ClN3O3/c1-29-17-12-8-14(9-13-17)20-24-19-5-3-2-4-18(19)22(28)26(20)25-21(27)15-6-10-16(23)11-7-15/h2-13,20,24H,1H3,(H,25,27). The van der Waals surface area contributed by atoms with Crippen molar-refractivity contribution >= 4 is 29.1 Å². The molecule has 146 valence electrons. The molecule has 0 radical (unpaired) electrons. The number of halogens is 1. The van der Waals surface area contributed by atoms with Gasteiger partial charge in [-0.15, -0.1) is 0 Å². The molecule has 0 bridgehead atoms. The number of carbonyl (C=O) groups excluding carboxylic acids is 2. The van der Waals surface area contributed by atoms with Gasteiger partial charge in [0.25, 0.3) is 11.8 Å². The van der Waals surface area contributed by atoms with Crippen LogP contribution in [0.3, 0.4) is 0 Å². The first-order valence-corrected chi connectivity index (χ1v) is 9.34. The molecule has 0 saturated heterocycles. The Morgan fingerprint density at radius 2 is 1.72 bits per heavy atom. The molecule has 0 spiro atoms. The van der Waals surface area contributed by atoms with E-state index in [-0.39, 0.29) is 5.91 Å². The molecular formula is C22H18ClN3O3. The molecule has 29 heavy (non-hydrogen) atoms. The number of carbonyl (C=O) groups is 2. The van der Waals surface area contributed by atoms with Crippen LogP contribution in [0.1, 0.15) is 32.4 Å². The van der Waals surface area contributed by atoms with Gasteiger partial charge in [0.05, 0.1) is 12.7 Å². The highest BCUT2D eigenvalue weighted by Crippen LogP contribution is 2.32. The molecule has 0 saturated carbocycles. The number of nitrogens with one attached hydrogen (secondary N) is 2. The number of para-hydroxylation sites is 1. The zero-order valence-electron chi connectivity index (χ0n) is 15.6. The maximum atomic E-state index is 13.2. The highest BCUT2D eigenvalue weighted by atomic mass is 35.5. The highest BCUT2D eigenvalue weighted by molar-refractivity contribution is 6.30. The maximum absolute atomic E-state index is 13.2. The third-order valence-corrected chi connectivity index (χ3v) is 4.94. The molecule has 3 aromatic rings. The summed E-state index contributed by atoms with van der Waals surface area (Å²) in [4.78, 5) is 25.9. The zero-order valence-corrected chi connectivity index (χ0v) is 16.3. The largest absolute Gasteiger partial charge is 0.497 e. The number of hydrogen-bond donors (Lipinski definition) is 2. The topological polar surface area (TPSA) is 70.7 Å². The van der Waals surface area contributed by atoms with E-state index in [4.69, 9.17) is 16.3 Å². The van der Waals surface area contributed by atoms with Gasteiger partial charge in [0.1, 0.15) is 11.9 Å². The number of benzene rings is 3. The van der Waals surface area contributed by atoms with E-state index in [1.54, 1.807) is 55.6 Å². The van der Waals surface area contributed by atoms with Crippen molar-refractivity contribution < 1.29 is 14.3 Å². The minimum absolute atomic E-state index is 0.303. The first-order chi connectivity index (χ1) is 14.1. The lowest BCUT2D eigenvalue weighted by molar-refractivity contribution is 0.0491. The van der Waals surface area contributed by atoms with Crippen molar-refractivity contribution in [3.05, 3.63) is 94.5 Å². The third kappa shape index (κ3) is 3.75. The molecule has 0 aromatic heterocycles. The fourth-order valence-electron chi connectivity index (χ4n) is 3.16. The number of methoxy groups -OCH3 is 1. The normalized spacial score (nSPS) is 15.3. The fourth-order valence-corrected chi connectivity index (χ4v) is 3.29. The van der Waals surface area contributed by atoms with Crippen LogP contribution in [0.4, 0.5) is 5.69 Å².